The number of unbranched alkanes of at least 4 members (excludes halogenated alkanes) is 1. The number of nitrogens with one attached hydrogen (secondary N) is 2. The second kappa shape index (κ2) is 19.1. The van der Waals surface area contributed by atoms with Gasteiger partial charge in [0.05, 0.1) is 4.92 Å². The zero-order valence-electron chi connectivity index (χ0n) is 29.4. The molecule has 0 atom stereocenters. The number of amides is 3. The standard InChI is InChI=1S/C33H57N5O8/c1-31(2,3)44-28(39)35-20-13-25-37(30(41)46-33(7,8)9)23-11-10-22-36(29(40)45-32(4,5)6)24-12-19-34-21-18-26-14-16-27(17-15-26)38(42)43/h14-17,34H,10-13,18-25H2,1-9H3,(H,35,39). The Morgan fingerprint density at radius 1 is 0.674 bits per heavy atom. The van der Waals surface area contributed by atoms with E-state index in [0.29, 0.717) is 71.5 Å². The third-order valence-corrected chi connectivity index (χ3v) is 6.20. The molecule has 0 saturated carbocycles. The number of ether oxygens (including phenoxy) is 3. The molecule has 0 saturated heterocycles. The molecule has 0 aliphatic carbocycles. The van der Waals surface area contributed by atoms with Crippen LogP contribution in [0.1, 0.15) is 93.6 Å². The summed E-state index contributed by atoms with van der Waals surface area (Å²) in [6.07, 6.45) is 1.98. The van der Waals surface area contributed by atoms with Crippen LogP contribution in [0.2, 0.25) is 0 Å². The van der Waals surface area contributed by atoms with Crippen molar-refractivity contribution < 1.29 is 33.5 Å². The first-order valence-corrected chi connectivity index (χ1v) is 16.1. The van der Waals surface area contributed by atoms with Gasteiger partial charge in [0, 0.05) is 44.9 Å². The number of rotatable bonds is 17. The van der Waals surface area contributed by atoms with Gasteiger partial charge in [-0.2, -0.15) is 0 Å². The molecule has 1 rings (SSSR count). The number of hydrogen-bond donors (Lipinski definition) is 2. The number of benzene rings is 1. The highest BCUT2D eigenvalue weighted by Gasteiger charge is 2.24. The molecule has 0 radical (unpaired) electrons. The van der Waals surface area contributed by atoms with Crippen LogP contribution in [0, 0.1) is 10.1 Å². The Kier molecular flexibility index (Phi) is 16.8. The van der Waals surface area contributed by atoms with Gasteiger partial charge >= 0.3 is 18.3 Å². The van der Waals surface area contributed by atoms with Crippen molar-refractivity contribution in [1.82, 2.24) is 20.4 Å². The number of hydrogen-bond acceptors (Lipinski definition) is 9. The summed E-state index contributed by atoms with van der Waals surface area (Å²) in [5.74, 6) is 0. The molecule has 3 amide bonds. The number of nitro groups is 1. The monoisotopic (exact) mass is 651 g/mol. The molecule has 0 bridgehead atoms. The van der Waals surface area contributed by atoms with Crippen LogP contribution < -0.4 is 10.6 Å². The van der Waals surface area contributed by atoms with Crippen LogP contribution in [-0.4, -0.2) is 95.6 Å². The number of alkyl carbamates (subject to hydrolysis) is 1. The minimum Gasteiger partial charge on any atom is -0.444 e. The topological polar surface area (TPSA) is 153 Å². The summed E-state index contributed by atoms with van der Waals surface area (Å²) in [6, 6.07) is 6.53. The molecule has 0 spiro atoms. The highest BCUT2D eigenvalue weighted by Crippen LogP contribution is 2.14. The molecule has 0 aromatic heterocycles. The average Bonchev–Trinajstić information content (AvgIpc) is 2.89. The van der Waals surface area contributed by atoms with Crippen LogP contribution in [0.25, 0.3) is 0 Å². The molecule has 46 heavy (non-hydrogen) atoms. The number of non-ortho nitro benzene ring substituents is 1. The first-order valence-electron chi connectivity index (χ1n) is 16.1. The van der Waals surface area contributed by atoms with E-state index >= 15 is 0 Å². The number of nitrogens with zero attached hydrogens (tertiary/aromatic N) is 3. The Labute approximate surface area is 274 Å². The second-order valence-corrected chi connectivity index (χ2v) is 14.2. The summed E-state index contributed by atoms with van der Waals surface area (Å²) in [4.78, 5) is 51.6. The van der Waals surface area contributed by atoms with Gasteiger partial charge in [-0.25, -0.2) is 14.4 Å². The lowest BCUT2D eigenvalue weighted by Crippen LogP contribution is -2.40. The van der Waals surface area contributed by atoms with Crippen molar-refractivity contribution in [2.24, 2.45) is 0 Å². The van der Waals surface area contributed by atoms with Crippen molar-refractivity contribution >= 4 is 24.0 Å². The fourth-order valence-electron chi connectivity index (χ4n) is 4.16. The number of nitro benzene ring substituents is 1. The van der Waals surface area contributed by atoms with Gasteiger partial charge in [-0.15, -0.1) is 0 Å². The van der Waals surface area contributed by atoms with Gasteiger partial charge in [0.15, 0.2) is 0 Å². The Morgan fingerprint density at radius 2 is 1.11 bits per heavy atom. The van der Waals surface area contributed by atoms with Gasteiger partial charge in [-0.3, -0.25) is 10.1 Å². The van der Waals surface area contributed by atoms with Crippen molar-refractivity contribution in [2.75, 3.05) is 45.8 Å². The van der Waals surface area contributed by atoms with Crippen molar-refractivity contribution in [2.45, 2.75) is 111 Å². The Balaban J connectivity index is 2.61. The Bertz CT molecular complexity index is 1090. The molecule has 1 aromatic carbocycles. The van der Waals surface area contributed by atoms with E-state index in [1.807, 2.05) is 41.5 Å². The molecule has 0 heterocycles. The van der Waals surface area contributed by atoms with E-state index in [4.69, 9.17) is 14.2 Å². The third kappa shape index (κ3) is 19.7. The van der Waals surface area contributed by atoms with Gasteiger partial charge in [-0.05, 0) is 113 Å². The van der Waals surface area contributed by atoms with Crippen molar-refractivity contribution in [3.63, 3.8) is 0 Å². The summed E-state index contributed by atoms with van der Waals surface area (Å²) in [6.45, 7) is 19.9. The fourth-order valence-corrected chi connectivity index (χ4v) is 4.16. The third-order valence-electron chi connectivity index (χ3n) is 6.20. The molecule has 13 heteroatoms. The molecule has 0 aliphatic heterocycles. The van der Waals surface area contributed by atoms with Gasteiger partial charge in [-0.1, -0.05) is 12.1 Å². The zero-order chi connectivity index (χ0) is 35.0. The first-order chi connectivity index (χ1) is 21.3. The second-order valence-electron chi connectivity index (χ2n) is 14.2. The molecule has 262 valence electrons. The van der Waals surface area contributed by atoms with Crippen molar-refractivity contribution in [1.29, 1.82) is 0 Å². The van der Waals surface area contributed by atoms with E-state index in [1.165, 1.54) is 12.1 Å². The van der Waals surface area contributed by atoms with Crippen LogP contribution in [0.5, 0.6) is 0 Å². The van der Waals surface area contributed by atoms with Crippen molar-refractivity contribution in [3.8, 4) is 0 Å². The molecule has 2 N–H and O–H groups in total. The van der Waals surface area contributed by atoms with Gasteiger partial charge in [0.25, 0.3) is 5.69 Å². The Hall–Kier alpha value is -3.61. The first kappa shape index (κ1) is 40.4. The zero-order valence-corrected chi connectivity index (χ0v) is 29.4. The molecule has 0 aliphatic rings. The molecular weight excluding hydrogens is 594 g/mol. The lowest BCUT2D eigenvalue weighted by molar-refractivity contribution is -0.384. The van der Waals surface area contributed by atoms with Crippen LogP contribution >= 0.6 is 0 Å². The Morgan fingerprint density at radius 3 is 1.54 bits per heavy atom. The maximum Gasteiger partial charge on any atom is 0.410 e. The molecule has 0 fully saturated rings. The minimum atomic E-state index is -0.645. The molecular formula is C33H57N5O8. The SMILES string of the molecule is CC(C)(C)OC(=O)NCCCN(CCCCN(CCCNCCc1ccc([N+](=O)[O-])cc1)C(=O)OC(C)(C)C)C(=O)OC(C)(C)C. The largest absolute Gasteiger partial charge is 0.444 e. The van der Waals surface area contributed by atoms with Crippen molar-refractivity contribution in [3.05, 3.63) is 39.9 Å². The van der Waals surface area contributed by atoms with E-state index in [0.717, 1.165) is 12.0 Å². The highest BCUT2D eigenvalue weighted by atomic mass is 16.6. The lowest BCUT2D eigenvalue weighted by atomic mass is 10.1. The predicted molar refractivity (Wildman–Crippen MR) is 178 cm³/mol. The summed E-state index contributed by atoms with van der Waals surface area (Å²) in [5.41, 5.74) is -0.780. The summed E-state index contributed by atoms with van der Waals surface area (Å²) >= 11 is 0. The van der Waals surface area contributed by atoms with Crippen LogP contribution in [0.15, 0.2) is 24.3 Å². The van der Waals surface area contributed by atoms with E-state index in [2.05, 4.69) is 10.6 Å². The molecule has 13 nitrogen and oxygen atoms in total. The van der Waals surface area contributed by atoms with E-state index in [-0.39, 0.29) is 11.8 Å². The lowest BCUT2D eigenvalue weighted by Gasteiger charge is -2.29. The van der Waals surface area contributed by atoms with Crippen LogP contribution in [0.4, 0.5) is 20.1 Å². The highest BCUT2D eigenvalue weighted by molar-refractivity contribution is 5.69. The van der Waals surface area contributed by atoms with Crippen LogP contribution in [0.3, 0.4) is 0 Å². The van der Waals surface area contributed by atoms with E-state index in [9.17, 15) is 24.5 Å². The summed E-state index contributed by atoms with van der Waals surface area (Å²) in [5, 5.41) is 16.9. The smallest absolute Gasteiger partial charge is 0.410 e. The normalized spacial score (nSPS) is 11.8. The number of carbonyl (C=O) groups is 3. The molecule has 1 aromatic rings. The fraction of sp³-hybridized carbons (Fsp3) is 0.727. The number of carbonyl (C=O) groups excluding carboxylic acids is 3. The minimum absolute atomic E-state index is 0.0732. The predicted octanol–water partition coefficient (Wildman–Crippen LogP) is 6.29. The maximum absolute atomic E-state index is 13.0. The van der Waals surface area contributed by atoms with Gasteiger partial charge in [0.2, 0.25) is 0 Å². The summed E-state index contributed by atoms with van der Waals surface area (Å²) < 4.78 is 16.5. The maximum atomic E-state index is 13.0. The van der Waals surface area contributed by atoms with Crippen LogP contribution in [-0.2, 0) is 20.6 Å². The molecule has 0 unspecified atom stereocenters. The summed E-state index contributed by atoms with van der Waals surface area (Å²) in [7, 11) is 0. The average molecular weight is 652 g/mol. The quantitative estimate of drug-likeness (QED) is 0.0857. The van der Waals surface area contributed by atoms with E-state index in [1.54, 1.807) is 42.7 Å². The van der Waals surface area contributed by atoms with E-state index < -0.39 is 33.9 Å². The van der Waals surface area contributed by atoms with Gasteiger partial charge in [0.1, 0.15) is 16.8 Å². The van der Waals surface area contributed by atoms with Gasteiger partial charge < -0.3 is 34.6 Å².